The molecule has 1 aliphatic carbocycles. The van der Waals surface area contributed by atoms with Gasteiger partial charge in [0.15, 0.2) is 0 Å². The molecule has 7 heteroatoms. The van der Waals surface area contributed by atoms with Gasteiger partial charge in [-0.05, 0) is 42.5 Å². The fourth-order valence-corrected chi connectivity index (χ4v) is 11.2. The number of rotatable bonds is 6. The SMILES string of the molecule is Cc1ccccc1-c1[c-]c2c(cc1[Si](C)(C)C)-c1cc([Si](C)(C)C)c(-c3ccccc3C)cc1C2.Fc1ccc([C](=[Zr+2])c2ccc(F)cc2)cc1.[Cl-].[Cl-].c1cc[cH-]c1. The van der Waals surface area contributed by atoms with Crippen LogP contribution in [-0.2, 0) is 30.7 Å². The molecular formula is C51H50Cl2F2Si2Zr-2. The van der Waals surface area contributed by atoms with Gasteiger partial charge in [0, 0.05) is 8.07 Å². The Kier molecular flexibility index (Phi) is 16.2. The van der Waals surface area contributed by atoms with Gasteiger partial charge in [-0.15, -0.1) is 28.4 Å². The van der Waals surface area contributed by atoms with E-state index >= 15 is 0 Å². The molecule has 7 aromatic carbocycles. The summed E-state index contributed by atoms with van der Waals surface area (Å²) in [7, 11) is -3.16. The molecule has 0 N–H and O–H groups in total. The first-order valence-electron chi connectivity index (χ1n) is 19.3. The summed E-state index contributed by atoms with van der Waals surface area (Å²) >= 11 is 1.22. The van der Waals surface area contributed by atoms with Crippen molar-refractivity contribution in [1.29, 1.82) is 0 Å². The molecule has 0 fully saturated rings. The van der Waals surface area contributed by atoms with E-state index in [-0.39, 0.29) is 36.4 Å². The maximum atomic E-state index is 12.8. The van der Waals surface area contributed by atoms with Crippen molar-refractivity contribution in [2.24, 2.45) is 0 Å². The van der Waals surface area contributed by atoms with Crippen LogP contribution in [0.15, 0.2) is 146 Å². The van der Waals surface area contributed by atoms with Crippen LogP contribution in [0.5, 0.6) is 0 Å². The van der Waals surface area contributed by atoms with E-state index in [1.807, 2.05) is 30.3 Å². The number of hydrogen-bond donors (Lipinski definition) is 0. The third kappa shape index (κ3) is 11.1. The van der Waals surface area contributed by atoms with Crippen molar-refractivity contribution in [1.82, 2.24) is 0 Å². The van der Waals surface area contributed by atoms with Crippen LogP contribution in [-0.4, -0.2) is 19.4 Å². The third-order valence-electron chi connectivity index (χ3n) is 10.3. The van der Waals surface area contributed by atoms with E-state index in [1.54, 1.807) is 29.5 Å². The van der Waals surface area contributed by atoms with Gasteiger partial charge in [-0.3, -0.25) is 0 Å². The summed E-state index contributed by atoms with van der Waals surface area (Å²) in [4.78, 5) is 0. The van der Waals surface area contributed by atoms with Crippen LogP contribution in [0.2, 0.25) is 39.3 Å². The summed E-state index contributed by atoms with van der Waals surface area (Å²) in [6, 6.07) is 52.0. The minimum atomic E-state index is -1.59. The zero-order chi connectivity index (χ0) is 40.2. The van der Waals surface area contributed by atoms with Gasteiger partial charge in [-0.1, -0.05) is 127 Å². The van der Waals surface area contributed by atoms with E-state index in [9.17, 15) is 8.78 Å². The third-order valence-corrected chi connectivity index (χ3v) is 15.8. The minimum absolute atomic E-state index is 0. The van der Waals surface area contributed by atoms with Gasteiger partial charge >= 0.3 is 108 Å². The van der Waals surface area contributed by atoms with E-state index in [0.29, 0.717) is 0 Å². The zero-order valence-electron chi connectivity index (χ0n) is 34.6. The molecule has 0 nitrogen and oxygen atoms in total. The molecule has 0 aromatic heterocycles. The van der Waals surface area contributed by atoms with Crippen molar-refractivity contribution >= 4 is 29.7 Å². The summed E-state index contributed by atoms with van der Waals surface area (Å²) in [6.45, 7) is 19.3. The van der Waals surface area contributed by atoms with E-state index in [0.717, 1.165) is 20.8 Å². The molecule has 58 heavy (non-hydrogen) atoms. The molecule has 0 heterocycles. The fourth-order valence-electron chi connectivity index (χ4n) is 7.30. The van der Waals surface area contributed by atoms with Crippen LogP contribution in [0, 0.1) is 31.5 Å². The summed E-state index contributed by atoms with van der Waals surface area (Å²) in [6.07, 6.45) is 0.973. The van der Waals surface area contributed by atoms with E-state index in [2.05, 4.69) is 126 Å². The topological polar surface area (TPSA) is 0 Å². The van der Waals surface area contributed by atoms with Crippen molar-refractivity contribution in [2.45, 2.75) is 59.6 Å². The Balaban J connectivity index is 0.000000268. The number of fused-ring (bicyclic) bond motifs is 3. The maximum Gasteiger partial charge on any atom is -0.172 e. The Labute approximate surface area is 374 Å². The van der Waals surface area contributed by atoms with E-state index < -0.39 is 16.1 Å². The fraction of sp³-hybridized carbons (Fsp3) is 0.176. The Morgan fingerprint density at radius 3 is 1.47 bits per heavy atom. The molecule has 0 saturated carbocycles. The molecule has 0 atom stereocenters. The maximum absolute atomic E-state index is 12.8. The smallest absolute Gasteiger partial charge is 0.172 e. The van der Waals surface area contributed by atoms with Gasteiger partial charge in [-0.25, -0.2) is 12.1 Å². The molecule has 0 saturated heterocycles. The van der Waals surface area contributed by atoms with Gasteiger partial charge in [0.1, 0.15) is 0 Å². The molecule has 0 bridgehead atoms. The molecule has 0 unspecified atom stereocenters. The summed E-state index contributed by atoms with van der Waals surface area (Å²) in [5.41, 5.74) is 15.8. The average Bonchev–Trinajstić information content (AvgIpc) is 3.86. The van der Waals surface area contributed by atoms with Crippen LogP contribution >= 0.6 is 0 Å². The summed E-state index contributed by atoms with van der Waals surface area (Å²) < 4.78 is 26.6. The van der Waals surface area contributed by atoms with Gasteiger partial charge in [0.05, 0.1) is 8.07 Å². The molecule has 0 amide bonds. The number of hydrogen-bond acceptors (Lipinski definition) is 0. The molecule has 8 rings (SSSR count). The van der Waals surface area contributed by atoms with Gasteiger partial charge in [0.25, 0.3) is 0 Å². The number of benzene rings is 6. The molecule has 0 aliphatic heterocycles. The monoisotopic (exact) mass is 916 g/mol. The van der Waals surface area contributed by atoms with Crippen molar-refractivity contribution in [3.05, 3.63) is 197 Å². The minimum Gasteiger partial charge on any atom is -1.00 e. The van der Waals surface area contributed by atoms with Crippen LogP contribution < -0.4 is 35.2 Å². The molecule has 0 radical (unpaired) electrons. The normalized spacial score (nSPS) is 11.4. The molecule has 1 aliphatic rings. The Hall–Kier alpha value is -3.70. The first-order chi connectivity index (χ1) is 26.6. The first kappa shape index (κ1) is 47.0. The van der Waals surface area contributed by atoms with Crippen molar-refractivity contribution in [3.63, 3.8) is 0 Å². The Morgan fingerprint density at radius 2 is 1.02 bits per heavy atom. The van der Waals surface area contributed by atoms with Crippen molar-refractivity contribution in [2.75, 3.05) is 0 Å². The van der Waals surface area contributed by atoms with Gasteiger partial charge < -0.3 is 24.8 Å². The quantitative estimate of drug-likeness (QED) is 0.131. The van der Waals surface area contributed by atoms with Crippen LogP contribution in [0.4, 0.5) is 8.78 Å². The summed E-state index contributed by atoms with van der Waals surface area (Å²) in [5.74, 6) is -0.488. The van der Waals surface area contributed by atoms with Crippen LogP contribution in [0.25, 0.3) is 33.4 Å². The summed E-state index contributed by atoms with van der Waals surface area (Å²) in [5, 5.41) is 3.09. The number of halogens is 4. The first-order valence-corrected chi connectivity index (χ1v) is 27.5. The second-order valence-corrected chi connectivity index (χ2v) is 28.0. The van der Waals surface area contributed by atoms with Crippen molar-refractivity contribution < 1.29 is 57.8 Å². The molecule has 7 aromatic rings. The predicted octanol–water partition coefficient (Wildman–Crippen LogP) is 6.59. The number of aryl methyl sites for hydroxylation is 2. The molecule has 296 valence electrons. The Bertz CT molecular complexity index is 2280. The zero-order valence-corrected chi connectivity index (χ0v) is 40.5. The largest absolute Gasteiger partial charge is 1.00 e. The second kappa shape index (κ2) is 20.0. The molecule has 0 spiro atoms. The van der Waals surface area contributed by atoms with Gasteiger partial charge in [-0.2, -0.15) is 18.2 Å². The van der Waals surface area contributed by atoms with Crippen LogP contribution in [0.3, 0.4) is 0 Å². The second-order valence-electron chi connectivity index (χ2n) is 16.7. The van der Waals surface area contributed by atoms with Gasteiger partial charge in [0.2, 0.25) is 0 Å². The predicted molar refractivity (Wildman–Crippen MR) is 238 cm³/mol. The van der Waals surface area contributed by atoms with Crippen LogP contribution in [0.1, 0.15) is 33.4 Å². The Morgan fingerprint density at radius 1 is 0.552 bits per heavy atom. The van der Waals surface area contributed by atoms with Crippen molar-refractivity contribution in [3.8, 4) is 33.4 Å². The standard InChI is InChI=1S/C33H37Si2.C13H8F2.C5H5.2ClH.Zr/c1-22-13-9-11-15-26(22)30-18-24-17-25-19-31(27-16-12-10-14-23(27)2)33(35(6,7)8)21-29(25)28(24)20-32(30)34(3,4)5;14-12-5-1-10(2-6-12)9-11-3-7-13(15)8-4-11;1-2-4-5-3-1;;;/h9-16,18,20-21H,17H2,1-8H3;1-8H;1-5H;2*1H;/q-1;;-1;;;+2/p-2. The van der Waals surface area contributed by atoms with E-state index in [1.165, 1.54) is 109 Å². The average molecular weight is 919 g/mol. The van der Waals surface area contributed by atoms with E-state index in [4.69, 9.17) is 0 Å². The molecular weight excluding hydrogens is 869 g/mol.